The highest BCUT2D eigenvalue weighted by molar-refractivity contribution is 9.10. The Balaban J connectivity index is 2.06. The minimum Gasteiger partial charge on any atom is -0.480 e. The number of rotatable bonds is 3. The summed E-state index contributed by atoms with van der Waals surface area (Å²) in [6, 6.07) is 5.69. The lowest BCUT2D eigenvalue weighted by Crippen LogP contribution is -2.50. The summed E-state index contributed by atoms with van der Waals surface area (Å²) in [7, 11) is 0. The van der Waals surface area contributed by atoms with Gasteiger partial charge in [0.25, 0.3) is 0 Å². The van der Waals surface area contributed by atoms with Crippen LogP contribution < -0.4 is 5.73 Å². The van der Waals surface area contributed by atoms with Crippen LogP contribution in [0.15, 0.2) is 22.7 Å². The molecule has 1 fully saturated rings. The van der Waals surface area contributed by atoms with Crippen LogP contribution in [0.3, 0.4) is 0 Å². The first-order valence-electron chi connectivity index (χ1n) is 5.59. The van der Waals surface area contributed by atoms with E-state index in [-0.39, 0.29) is 0 Å². The largest absolute Gasteiger partial charge is 0.480 e. The lowest BCUT2D eigenvalue weighted by atomic mass is 10.0. The molecule has 18 heavy (non-hydrogen) atoms. The second-order valence-corrected chi connectivity index (χ2v) is 5.98. The Morgan fingerprint density at radius 2 is 2.33 bits per heavy atom. The van der Waals surface area contributed by atoms with Crippen molar-refractivity contribution < 1.29 is 9.90 Å². The van der Waals surface area contributed by atoms with Crippen molar-refractivity contribution in [1.29, 1.82) is 0 Å². The molecule has 1 atom stereocenters. The number of likely N-dealkylation sites (tertiary alicyclic amines) is 1. The molecule has 3 N–H and O–H groups in total. The molecule has 1 heterocycles. The van der Waals surface area contributed by atoms with Crippen LogP contribution in [0.2, 0.25) is 5.02 Å². The zero-order valence-corrected chi connectivity index (χ0v) is 12.0. The molecule has 98 valence electrons. The topological polar surface area (TPSA) is 66.6 Å². The van der Waals surface area contributed by atoms with Crippen LogP contribution in [-0.2, 0) is 11.3 Å². The maximum atomic E-state index is 11.0. The number of nitrogens with zero attached hydrogens (tertiary/aromatic N) is 1. The highest BCUT2D eigenvalue weighted by Gasteiger charge is 2.41. The molecule has 0 spiro atoms. The number of carboxylic acid groups (broad SMARTS) is 1. The standard InChI is InChI=1S/C12H14BrClN2O2/c13-9-2-1-8(10(14)5-9)6-16-4-3-12(15,7-16)11(17)18/h1-2,5H,3-4,6-7,15H2,(H,17,18). The van der Waals surface area contributed by atoms with Gasteiger partial charge in [-0.3, -0.25) is 9.69 Å². The summed E-state index contributed by atoms with van der Waals surface area (Å²) in [5.41, 5.74) is 5.68. The van der Waals surface area contributed by atoms with Gasteiger partial charge < -0.3 is 10.8 Å². The zero-order chi connectivity index (χ0) is 13.3. The maximum absolute atomic E-state index is 11.0. The third-order valence-electron chi connectivity index (χ3n) is 3.21. The van der Waals surface area contributed by atoms with Crippen molar-refractivity contribution in [1.82, 2.24) is 4.90 Å². The van der Waals surface area contributed by atoms with Crippen LogP contribution in [0.25, 0.3) is 0 Å². The van der Waals surface area contributed by atoms with Gasteiger partial charge in [-0.05, 0) is 24.1 Å². The number of halogens is 2. The Morgan fingerprint density at radius 3 is 2.89 bits per heavy atom. The molecule has 1 aliphatic heterocycles. The number of hydrogen-bond acceptors (Lipinski definition) is 3. The van der Waals surface area contributed by atoms with E-state index in [1.165, 1.54) is 0 Å². The van der Waals surface area contributed by atoms with E-state index in [0.29, 0.717) is 31.1 Å². The fourth-order valence-electron chi connectivity index (χ4n) is 2.12. The maximum Gasteiger partial charge on any atom is 0.325 e. The molecule has 0 bridgehead atoms. The third-order valence-corrected chi connectivity index (χ3v) is 4.06. The lowest BCUT2D eigenvalue weighted by molar-refractivity contribution is -0.142. The zero-order valence-electron chi connectivity index (χ0n) is 9.70. The molecule has 0 aromatic heterocycles. The first-order valence-corrected chi connectivity index (χ1v) is 6.76. The summed E-state index contributed by atoms with van der Waals surface area (Å²) >= 11 is 9.49. The summed E-state index contributed by atoms with van der Waals surface area (Å²) in [5, 5.41) is 9.74. The molecule has 0 amide bonds. The van der Waals surface area contributed by atoms with Crippen molar-refractivity contribution in [3.8, 4) is 0 Å². The van der Waals surface area contributed by atoms with Gasteiger partial charge in [-0.1, -0.05) is 33.6 Å². The molecule has 0 aliphatic carbocycles. The predicted molar refractivity (Wildman–Crippen MR) is 73.6 cm³/mol. The van der Waals surface area contributed by atoms with Crippen molar-refractivity contribution in [2.45, 2.75) is 18.5 Å². The minimum atomic E-state index is -1.12. The smallest absolute Gasteiger partial charge is 0.325 e. The van der Waals surface area contributed by atoms with Gasteiger partial charge in [0.2, 0.25) is 0 Å². The summed E-state index contributed by atoms with van der Waals surface area (Å²) in [4.78, 5) is 13.1. The molecule has 0 radical (unpaired) electrons. The highest BCUT2D eigenvalue weighted by atomic mass is 79.9. The Hall–Kier alpha value is -0.620. The first-order chi connectivity index (χ1) is 8.40. The number of aliphatic carboxylic acids is 1. The Bertz CT molecular complexity index is 483. The molecule has 2 rings (SSSR count). The summed E-state index contributed by atoms with van der Waals surface area (Å²) in [6.45, 7) is 1.66. The molecule has 1 aromatic carbocycles. The van der Waals surface area contributed by atoms with E-state index in [0.717, 1.165) is 10.0 Å². The quantitative estimate of drug-likeness (QED) is 0.889. The van der Waals surface area contributed by atoms with Crippen LogP contribution >= 0.6 is 27.5 Å². The third kappa shape index (κ3) is 2.85. The van der Waals surface area contributed by atoms with Crippen molar-refractivity contribution in [2.75, 3.05) is 13.1 Å². The molecule has 1 aliphatic rings. The average Bonchev–Trinajstić information content (AvgIpc) is 2.66. The van der Waals surface area contributed by atoms with Gasteiger partial charge in [0.15, 0.2) is 0 Å². The summed E-state index contributed by atoms with van der Waals surface area (Å²) in [5.74, 6) is -0.938. The van der Waals surface area contributed by atoms with E-state index >= 15 is 0 Å². The van der Waals surface area contributed by atoms with Crippen molar-refractivity contribution in [3.05, 3.63) is 33.3 Å². The van der Waals surface area contributed by atoms with E-state index in [1.807, 2.05) is 23.1 Å². The van der Waals surface area contributed by atoms with Crippen molar-refractivity contribution in [2.24, 2.45) is 5.73 Å². The molecule has 1 aromatic rings. The second-order valence-electron chi connectivity index (χ2n) is 4.66. The number of benzene rings is 1. The SMILES string of the molecule is NC1(C(=O)O)CCN(Cc2ccc(Br)cc2Cl)C1. The summed E-state index contributed by atoms with van der Waals surface area (Å²) in [6.07, 6.45) is 0.469. The van der Waals surface area contributed by atoms with Crippen molar-refractivity contribution >= 4 is 33.5 Å². The van der Waals surface area contributed by atoms with Gasteiger partial charge in [-0.15, -0.1) is 0 Å². The van der Waals surface area contributed by atoms with Crippen molar-refractivity contribution in [3.63, 3.8) is 0 Å². The van der Waals surface area contributed by atoms with E-state index in [1.54, 1.807) is 0 Å². The van der Waals surface area contributed by atoms with Crippen LogP contribution in [0.4, 0.5) is 0 Å². The molecule has 1 unspecified atom stereocenters. The van der Waals surface area contributed by atoms with Gasteiger partial charge in [0.05, 0.1) is 0 Å². The van der Waals surface area contributed by atoms with Gasteiger partial charge in [-0.2, -0.15) is 0 Å². The highest BCUT2D eigenvalue weighted by Crippen LogP contribution is 2.26. The molecule has 6 heteroatoms. The predicted octanol–water partition coefficient (Wildman–Crippen LogP) is 2.09. The normalized spacial score (nSPS) is 24.4. The first kappa shape index (κ1) is 13.8. The van der Waals surface area contributed by atoms with Gasteiger partial charge >= 0.3 is 5.97 Å². The van der Waals surface area contributed by atoms with Gasteiger partial charge in [0.1, 0.15) is 5.54 Å². The minimum absolute atomic E-state index is 0.356. The fraction of sp³-hybridized carbons (Fsp3) is 0.417. The second kappa shape index (κ2) is 5.17. The van der Waals surface area contributed by atoms with E-state index in [4.69, 9.17) is 22.4 Å². The van der Waals surface area contributed by atoms with Gasteiger partial charge in [0, 0.05) is 29.1 Å². The van der Waals surface area contributed by atoms with E-state index < -0.39 is 11.5 Å². The van der Waals surface area contributed by atoms with Gasteiger partial charge in [-0.25, -0.2) is 0 Å². The van der Waals surface area contributed by atoms with E-state index in [9.17, 15) is 4.79 Å². The monoisotopic (exact) mass is 332 g/mol. The molecular weight excluding hydrogens is 320 g/mol. The van der Waals surface area contributed by atoms with Crippen LogP contribution in [0, 0.1) is 0 Å². The molecule has 1 saturated heterocycles. The van der Waals surface area contributed by atoms with Crippen LogP contribution in [-0.4, -0.2) is 34.6 Å². The summed E-state index contributed by atoms with van der Waals surface area (Å²) < 4.78 is 0.927. The molecule has 4 nitrogen and oxygen atoms in total. The lowest BCUT2D eigenvalue weighted by Gasteiger charge is -2.20. The molecular formula is C12H14BrClN2O2. The Kier molecular flexibility index (Phi) is 3.96. The number of carbonyl (C=O) groups is 1. The Morgan fingerprint density at radius 1 is 1.61 bits per heavy atom. The van der Waals surface area contributed by atoms with E-state index in [2.05, 4.69) is 15.9 Å². The van der Waals surface area contributed by atoms with Crippen LogP contribution in [0.1, 0.15) is 12.0 Å². The van der Waals surface area contributed by atoms with Crippen LogP contribution in [0.5, 0.6) is 0 Å². The number of nitrogens with two attached hydrogens (primary N) is 1. The average molecular weight is 334 g/mol. The number of hydrogen-bond donors (Lipinski definition) is 2. The number of carboxylic acids is 1. The Labute approximate surface area is 119 Å². The fourth-order valence-corrected chi connectivity index (χ4v) is 2.85. The molecule has 0 saturated carbocycles.